The molecule has 0 atom stereocenters. The first-order chi connectivity index (χ1) is 13.0. The molecule has 3 aromatic rings. The number of amides is 1. The van der Waals surface area contributed by atoms with Crippen molar-refractivity contribution in [1.82, 2.24) is 9.78 Å². The Morgan fingerprint density at radius 1 is 1.15 bits per heavy atom. The number of nitrogens with zero attached hydrogens (tertiary/aromatic N) is 2. The fourth-order valence-corrected chi connectivity index (χ4v) is 2.88. The highest BCUT2D eigenvalue weighted by Gasteiger charge is 2.11. The van der Waals surface area contributed by atoms with Crippen molar-refractivity contribution in [2.24, 2.45) is 0 Å². The van der Waals surface area contributed by atoms with E-state index in [1.54, 1.807) is 12.1 Å². The molecule has 1 N–H and O–H groups in total. The monoisotopic (exact) mass is 429 g/mol. The predicted molar refractivity (Wildman–Crippen MR) is 106 cm³/mol. The molecule has 0 bridgehead atoms. The van der Waals surface area contributed by atoms with Crippen LogP contribution in [0.15, 0.2) is 63.9 Å². The number of anilines is 1. The van der Waals surface area contributed by atoms with Crippen LogP contribution in [-0.4, -0.2) is 15.7 Å². The molecule has 27 heavy (non-hydrogen) atoms. The summed E-state index contributed by atoms with van der Waals surface area (Å²) in [6.07, 6.45) is 0.931. The first-order valence-corrected chi connectivity index (χ1v) is 9.18. The van der Waals surface area contributed by atoms with Gasteiger partial charge in [-0.05, 0) is 36.2 Å². The second kappa shape index (κ2) is 8.26. The molecule has 0 unspecified atom stereocenters. The number of aromatic nitrogens is 2. The molecule has 1 aromatic heterocycles. The third kappa shape index (κ3) is 4.68. The highest BCUT2D eigenvalue weighted by atomic mass is 79.9. The number of benzene rings is 2. The second-order valence-electron chi connectivity index (χ2n) is 5.94. The zero-order valence-electron chi connectivity index (χ0n) is 14.6. The van der Waals surface area contributed by atoms with Crippen LogP contribution in [0, 0.1) is 5.82 Å². The Bertz CT molecular complexity index is 1030. The molecule has 3 rings (SSSR count). The lowest BCUT2D eigenvalue weighted by Crippen LogP contribution is -2.29. The highest BCUT2D eigenvalue weighted by Crippen LogP contribution is 2.19. The number of carbonyl (C=O) groups excluding carboxylic acids is 1. The molecule has 0 fully saturated rings. The highest BCUT2D eigenvalue weighted by molar-refractivity contribution is 9.10. The molecular formula is C20H17BrFN3O2. The molecule has 1 heterocycles. The Morgan fingerprint density at radius 2 is 1.89 bits per heavy atom. The summed E-state index contributed by atoms with van der Waals surface area (Å²) in [6.45, 7) is 1.76. The summed E-state index contributed by atoms with van der Waals surface area (Å²) in [5.41, 5.74) is 2.26. The van der Waals surface area contributed by atoms with E-state index >= 15 is 0 Å². The van der Waals surface area contributed by atoms with Gasteiger partial charge in [0, 0.05) is 16.1 Å². The third-order valence-electron chi connectivity index (χ3n) is 4.02. The van der Waals surface area contributed by atoms with Gasteiger partial charge in [0.05, 0.1) is 11.4 Å². The predicted octanol–water partition coefficient (Wildman–Crippen LogP) is 4.01. The summed E-state index contributed by atoms with van der Waals surface area (Å²) in [7, 11) is 0. The van der Waals surface area contributed by atoms with E-state index in [-0.39, 0.29) is 12.2 Å². The van der Waals surface area contributed by atoms with Crippen LogP contribution in [0.1, 0.15) is 12.5 Å². The van der Waals surface area contributed by atoms with E-state index in [1.165, 1.54) is 23.8 Å². The summed E-state index contributed by atoms with van der Waals surface area (Å²) < 4.78 is 15.5. The second-order valence-corrected chi connectivity index (χ2v) is 6.85. The number of halogens is 2. The van der Waals surface area contributed by atoms with Gasteiger partial charge < -0.3 is 5.32 Å². The molecule has 2 aromatic carbocycles. The lowest BCUT2D eigenvalue weighted by atomic mass is 10.1. The average Bonchev–Trinajstić information content (AvgIpc) is 2.66. The van der Waals surface area contributed by atoms with Crippen LogP contribution in [0.5, 0.6) is 0 Å². The molecule has 0 aliphatic heterocycles. The molecule has 0 saturated carbocycles. The molecular weight excluding hydrogens is 413 g/mol. The molecule has 1 amide bonds. The first kappa shape index (κ1) is 19.0. The molecule has 5 nitrogen and oxygen atoms in total. The van der Waals surface area contributed by atoms with Crippen molar-refractivity contribution in [3.05, 3.63) is 80.8 Å². The number of hydrogen-bond donors (Lipinski definition) is 1. The Morgan fingerprint density at radius 3 is 2.56 bits per heavy atom. The minimum Gasteiger partial charge on any atom is -0.322 e. The van der Waals surface area contributed by atoms with Gasteiger partial charge in [0.15, 0.2) is 0 Å². The van der Waals surface area contributed by atoms with Crippen molar-refractivity contribution in [2.75, 3.05) is 5.32 Å². The Hall–Kier alpha value is -2.80. The van der Waals surface area contributed by atoms with E-state index in [0.29, 0.717) is 10.2 Å². The van der Waals surface area contributed by atoms with Gasteiger partial charge in [0.1, 0.15) is 12.4 Å². The van der Waals surface area contributed by atoms with E-state index in [9.17, 15) is 14.0 Å². The Kier molecular flexibility index (Phi) is 5.81. The van der Waals surface area contributed by atoms with Gasteiger partial charge in [-0.1, -0.05) is 47.1 Å². The van der Waals surface area contributed by atoms with Crippen molar-refractivity contribution < 1.29 is 9.18 Å². The molecule has 7 heteroatoms. The third-order valence-corrected chi connectivity index (χ3v) is 4.52. The van der Waals surface area contributed by atoms with Gasteiger partial charge in [-0.2, -0.15) is 5.10 Å². The quantitative estimate of drug-likeness (QED) is 0.666. The smallest absolute Gasteiger partial charge is 0.267 e. The van der Waals surface area contributed by atoms with Gasteiger partial charge in [0.2, 0.25) is 5.91 Å². The maximum absolute atomic E-state index is 13.8. The van der Waals surface area contributed by atoms with Crippen molar-refractivity contribution in [3.63, 3.8) is 0 Å². The zero-order chi connectivity index (χ0) is 19.4. The van der Waals surface area contributed by atoms with Crippen LogP contribution in [0.3, 0.4) is 0 Å². The van der Waals surface area contributed by atoms with E-state index in [2.05, 4.69) is 33.3 Å². The minimum atomic E-state index is -0.567. The summed E-state index contributed by atoms with van der Waals surface area (Å²) in [5, 5.41) is 6.71. The van der Waals surface area contributed by atoms with Gasteiger partial charge in [-0.3, -0.25) is 9.59 Å². The lowest BCUT2D eigenvalue weighted by molar-refractivity contribution is -0.117. The lowest BCUT2D eigenvalue weighted by Gasteiger charge is -2.09. The van der Waals surface area contributed by atoms with Crippen LogP contribution in [-0.2, 0) is 17.8 Å². The first-order valence-electron chi connectivity index (χ1n) is 8.38. The van der Waals surface area contributed by atoms with Crippen LogP contribution in [0.4, 0.5) is 10.1 Å². The largest absolute Gasteiger partial charge is 0.322 e. The molecule has 138 valence electrons. The Balaban J connectivity index is 1.79. The summed E-state index contributed by atoms with van der Waals surface area (Å²) in [5.74, 6) is -1.10. The standard InChI is InChI=1S/C20H17BrFN3O2/c1-2-13-3-5-14(6-4-13)17-9-10-20(27)25(24-17)12-19(26)23-18-8-7-15(21)11-16(18)22/h3-11H,2,12H2,1H3,(H,23,26). The van der Waals surface area contributed by atoms with Gasteiger partial charge in [0.25, 0.3) is 5.56 Å². The van der Waals surface area contributed by atoms with E-state index in [4.69, 9.17) is 0 Å². The van der Waals surface area contributed by atoms with Gasteiger partial charge >= 0.3 is 0 Å². The van der Waals surface area contributed by atoms with Crippen molar-refractivity contribution in [1.29, 1.82) is 0 Å². The number of rotatable bonds is 5. The maximum Gasteiger partial charge on any atom is 0.267 e. The normalized spacial score (nSPS) is 10.6. The molecule has 0 radical (unpaired) electrons. The fourth-order valence-electron chi connectivity index (χ4n) is 2.54. The number of carbonyl (C=O) groups is 1. The van der Waals surface area contributed by atoms with Crippen molar-refractivity contribution in [2.45, 2.75) is 19.9 Å². The Labute approximate surface area is 164 Å². The number of hydrogen-bond acceptors (Lipinski definition) is 3. The number of aryl methyl sites for hydroxylation is 1. The average molecular weight is 430 g/mol. The molecule has 0 aliphatic rings. The summed E-state index contributed by atoms with van der Waals surface area (Å²) in [6, 6.07) is 15.1. The van der Waals surface area contributed by atoms with Gasteiger partial charge in [-0.15, -0.1) is 0 Å². The maximum atomic E-state index is 13.8. The summed E-state index contributed by atoms with van der Waals surface area (Å²) >= 11 is 3.16. The van der Waals surface area contributed by atoms with Crippen LogP contribution in [0.25, 0.3) is 11.3 Å². The molecule has 0 saturated heterocycles. The topological polar surface area (TPSA) is 64.0 Å². The van der Waals surface area contributed by atoms with Crippen molar-refractivity contribution >= 4 is 27.5 Å². The molecule has 0 spiro atoms. The van der Waals surface area contributed by atoms with Crippen molar-refractivity contribution in [3.8, 4) is 11.3 Å². The summed E-state index contributed by atoms with van der Waals surface area (Å²) in [4.78, 5) is 24.3. The van der Waals surface area contributed by atoms with E-state index in [1.807, 2.05) is 24.3 Å². The van der Waals surface area contributed by atoms with Crippen LogP contribution in [0.2, 0.25) is 0 Å². The fraction of sp³-hybridized carbons (Fsp3) is 0.150. The van der Waals surface area contributed by atoms with Crippen LogP contribution < -0.4 is 10.9 Å². The zero-order valence-corrected chi connectivity index (χ0v) is 16.2. The van der Waals surface area contributed by atoms with E-state index in [0.717, 1.165) is 16.7 Å². The molecule has 0 aliphatic carbocycles. The minimum absolute atomic E-state index is 0.0440. The number of nitrogens with one attached hydrogen (secondary N) is 1. The van der Waals surface area contributed by atoms with Crippen LogP contribution >= 0.6 is 15.9 Å². The van der Waals surface area contributed by atoms with Gasteiger partial charge in [-0.25, -0.2) is 9.07 Å². The SMILES string of the molecule is CCc1ccc(-c2ccc(=O)n(CC(=O)Nc3ccc(Br)cc3F)n2)cc1. The van der Waals surface area contributed by atoms with E-state index < -0.39 is 17.3 Å².